The summed E-state index contributed by atoms with van der Waals surface area (Å²) in [5.74, 6) is -0.222. The van der Waals surface area contributed by atoms with Crippen molar-refractivity contribution in [2.45, 2.75) is 41.9 Å². The van der Waals surface area contributed by atoms with Gasteiger partial charge in [0.15, 0.2) is 0 Å². The van der Waals surface area contributed by atoms with E-state index in [2.05, 4.69) is 10.0 Å². The van der Waals surface area contributed by atoms with E-state index in [0.717, 1.165) is 36.1 Å². The third kappa shape index (κ3) is 5.34. The molecule has 2 aromatic rings. The van der Waals surface area contributed by atoms with Crippen LogP contribution in [0.5, 0.6) is 0 Å². The minimum Gasteiger partial charge on any atom is -0.326 e. The van der Waals surface area contributed by atoms with Crippen molar-refractivity contribution >= 4 is 33.4 Å². The second-order valence-electron chi connectivity index (χ2n) is 6.56. The zero-order valence-corrected chi connectivity index (χ0v) is 17.0. The Morgan fingerprint density at radius 3 is 2.44 bits per heavy atom. The van der Waals surface area contributed by atoms with Crippen LogP contribution < -0.4 is 10.0 Å². The molecule has 0 atom stereocenters. The number of carbonyl (C=O) groups is 1. The van der Waals surface area contributed by atoms with E-state index in [1.807, 2.05) is 36.6 Å². The van der Waals surface area contributed by atoms with Crippen molar-refractivity contribution in [1.29, 1.82) is 0 Å². The number of nitrogens with one attached hydrogen (secondary N) is 2. The number of amides is 1. The normalized spacial score (nSPS) is 13.8. The Labute approximate surface area is 165 Å². The van der Waals surface area contributed by atoms with Gasteiger partial charge in [-0.25, -0.2) is 13.1 Å². The van der Waals surface area contributed by atoms with Crippen LogP contribution in [-0.2, 0) is 27.7 Å². The van der Waals surface area contributed by atoms with Gasteiger partial charge in [0.2, 0.25) is 15.9 Å². The predicted molar refractivity (Wildman–Crippen MR) is 110 cm³/mol. The van der Waals surface area contributed by atoms with Gasteiger partial charge in [0.25, 0.3) is 0 Å². The number of fused-ring (bicyclic) bond motifs is 1. The predicted octanol–water partition coefficient (Wildman–Crippen LogP) is 3.59. The number of aryl methyl sites for hydroxylation is 2. The fourth-order valence-corrected chi connectivity index (χ4v) is 4.65. The molecule has 0 unspecified atom stereocenters. The van der Waals surface area contributed by atoms with Gasteiger partial charge in [-0.2, -0.15) is 0 Å². The minimum absolute atomic E-state index is 0.0636. The number of benzene rings is 2. The zero-order valence-electron chi connectivity index (χ0n) is 15.3. The summed E-state index contributed by atoms with van der Waals surface area (Å²) in [4.78, 5) is 13.4. The van der Waals surface area contributed by atoms with Crippen LogP contribution in [0.3, 0.4) is 0 Å². The highest BCUT2D eigenvalue weighted by molar-refractivity contribution is 7.98. The second kappa shape index (κ2) is 8.91. The number of rotatable bonds is 7. The molecular weight excluding hydrogens is 380 g/mol. The van der Waals surface area contributed by atoms with Gasteiger partial charge in [-0.15, -0.1) is 11.8 Å². The molecule has 1 amide bonds. The Balaban J connectivity index is 1.53. The van der Waals surface area contributed by atoms with Crippen LogP contribution in [0.25, 0.3) is 0 Å². The first kappa shape index (κ1) is 19.9. The average molecular weight is 405 g/mol. The van der Waals surface area contributed by atoms with Crippen LogP contribution in [0.4, 0.5) is 5.69 Å². The van der Waals surface area contributed by atoms with Crippen molar-refractivity contribution in [3.63, 3.8) is 0 Å². The lowest BCUT2D eigenvalue weighted by Crippen LogP contribution is -2.28. The molecule has 3 rings (SSSR count). The number of carbonyl (C=O) groups excluding carboxylic acids is 1. The highest BCUT2D eigenvalue weighted by Gasteiger charge is 2.17. The maximum Gasteiger partial charge on any atom is 0.240 e. The van der Waals surface area contributed by atoms with E-state index in [9.17, 15) is 13.2 Å². The highest BCUT2D eigenvalue weighted by atomic mass is 32.2. The quantitative estimate of drug-likeness (QED) is 0.692. The van der Waals surface area contributed by atoms with E-state index >= 15 is 0 Å². The molecule has 144 valence electrons. The summed E-state index contributed by atoms with van der Waals surface area (Å²) in [6.07, 6.45) is 6.27. The fraction of sp³-hybridized carbons (Fsp3) is 0.350. The van der Waals surface area contributed by atoms with Gasteiger partial charge in [0, 0.05) is 23.5 Å². The van der Waals surface area contributed by atoms with Gasteiger partial charge in [0.05, 0.1) is 4.90 Å². The zero-order chi connectivity index (χ0) is 19.3. The third-order valence-electron chi connectivity index (χ3n) is 4.65. The third-order valence-corrected chi connectivity index (χ3v) is 6.85. The molecule has 0 spiro atoms. The molecule has 0 aromatic heterocycles. The number of hydrogen-bond acceptors (Lipinski definition) is 4. The molecule has 0 radical (unpaired) electrons. The summed E-state index contributed by atoms with van der Waals surface area (Å²) in [7, 11) is -3.60. The number of hydrogen-bond donors (Lipinski definition) is 2. The van der Waals surface area contributed by atoms with Gasteiger partial charge in [-0.3, -0.25) is 4.79 Å². The summed E-state index contributed by atoms with van der Waals surface area (Å²) in [6.45, 7) is 0.0636. The molecule has 0 heterocycles. The number of sulfonamides is 1. The van der Waals surface area contributed by atoms with Crippen LogP contribution in [0.15, 0.2) is 52.3 Å². The van der Waals surface area contributed by atoms with Crippen LogP contribution >= 0.6 is 11.8 Å². The Morgan fingerprint density at radius 2 is 1.74 bits per heavy atom. The molecule has 2 aromatic carbocycles. The van der Waals surface area contributed by atoms with Crippen molar-refractivity contribution in [3.05, 3.63) is 53.6 Å². The van der Waals surface area contributed by atoms with E-state index in [1.54, 1.807) is 23.9 Å². The van der Waals surface area contributed by atoms with Gasteiger partial charge < -0.3 is 5.32 Å². The maximum atomic E-state index is 12.5. The van der Waals surface area contributed by atoms with Crippen molar-refractivity contribution in [2.75, 3.05) is 18.1 Å². The summed E-state index contributed by atoms with van der Waals surface area (Å²) in [5, 5.41) is 2.78. The smallest absolute Gasteiger partial charge is 0.240 e. The molecule has 0 bridgehead atoms. The number of thioether (sulfide) groups is 1. The summed E-state index contributed by atoms with van der Waals surface area (Å²) in [5.41, 5.74) is 3.07. The lowest BCUT2D eigenvalue weighted by molar-refractivity contribution is -0.116. The molecule has 5 nitrogen and oxygen atoms in total. The van der Waals surface area contributed by atoms with E-state index in [4.69, 9.17) is 0 Å². The van der Waals surface area contributed by atoms with E-state index in [1.165, 1.54) is 5.56 Å². The second-order valence-corrected chi connectivity index (χ2v) is 9.21. The Bertz CT molecular complexity index is 909. The van der Waals surface area contributed by atoms with Gasteiger partial charge in [-0.05, 0) is 79.5 Å². The largest absolute Gasteiger partial charge is 0.326 e. The molecule has 0 saturated carbocycles. The van der Waals surface area contributed by atoms with Crippen LogP contribution in [0.2, 0.25) is 0 Å². The standard InChI is InChI=1S/C20H24N2O3S2/c1-26-18-9-7-17(8-10-18)22-20(23)12-13-21-27(24,25)19-11-6-15-4-2-3-5-16(15)14-19/h6-11,14,21H,2-5,12-13H2,1H3,(H,22,23). The number of anilines is 1. The molecule has 27 heavy (non-hydrogen) atoms. The van der Waals surface area contributed by atoms with Gasteiger partial charge in [-0.1, -0.05) is 6.07 Å². The van der Waals surface area contributed by atoms with Crippen LogP contribution in [0, 0.1) is 0 Å². The van der Waals surface area contributed by atoms with E-state index in [0.29, 0.717) is 5.69 Å². The molecule has 7 heteroatoms. The molecule has 0 aliphatic heterocycles. The first-order valence-corrected chi connectivity index (χ1v) is 11.7. The Hall–Kier alpha value is -1.83. The van der Waals surface area contributed by atoms with Crippen molar-refractivity contribution in [2.24, 2.45) is 0 Å². The molecular formula is C20H24N2O3S2. The lowest BCUT2D eigenvalue weighted by atomic mass is 9.92. The first-order valence-electron chi connectivity index (χ1n) is 9.03. The van der Waals surface area contributed by atoms with Crippen LogP contribution in [-0.4, -0.2) is 27.1 Å². The summed E-state index contributed by atoms with van der Waals surface area (Å²) < 4.78 is 27.5. The highest BCUT2D eigenvalue weighted by Crippen LogP contribution is 2.24. The van der Waals surface area contributed by atoms with Crippen LogP contribution in [0.1, 0.15) is 30.4 Å². The molecule has 1 aliphatic rings. The monoisotopic (exact) mass is 404 g/mol. The molecule has 2 N–H and O–H groups in total. The van der Waals surface area contributed by atoms with Crippen molar-refractivity contribution < 1.29 is 13.2 Å². The fourth-order valence-electron chi connectivity index (χ4n) is 3.16. The topological polar surface area (TPSA) is 75.3 Å². The summed E-state index contributed by atoms with van der Waals surface area (Å²) >= 11 is 1.63. The molecule has 0 saturated heterocycles. The molecule has 1 aliphatic carbocycles. The van der Waals surface area contributed by atoms with Gasteiger partial charge in [0.1, 0.15) is 0 Å². The average Bonchev–Trinajstić information content (AvgIpc) is 2.68. The maximum absolute atomic E-state index is 12.5. The van der Waals surface area contributed by atoms with E-state index < -0.39 is 10.0 Å². The van der Waals surface area contributed by atoms with Gasteiger partial charge >= 0.3 is 0 Å². The van der Waals surface area contributed by atoms with Crippen molar-refractivity contribution in [1.82, 2.24) is 4.72 Å². The van der Waals surface area contributed by atoms with Crippen molar-refractivity contribution in [3.8, 4) is 0 Å². The SMILES string of the molecule is CSc1ccc(NC(=O)CCNS(=O)(=O)c2ccc3c(c2)CCCC3)cc1. The first-order chi connectivity index (χ1) is 13.0. The molecule has 0 fully saturated rings. The minimum atomic E-state index is -3.60. The van der Waals surface area contributed by atoms with E-state index in [-0.39, 0.29) is 23.8 Å². The Kier molecular flexibility index (Phi) is 6.57. The Morgan fingerprint density at radius 1 is 1.04 bits per heavy atom. The lowest BCUT2D eigenvalue weighted by Gasteiger charge is -2.16. The summed E-state index contributed by atoms with van der Waals surface area (Å²) in [6, 6.07) is 12.9.